The summed E-state index contributed by atoms with van der Waals surface area (Å²) in [5.41, 5.74) is 1.96. The molecule has 94 valence electrons. The number of rotatable bonds is 3. The third kappa shape index (κ3) is 3.35. The Labute approximate surface area is 108 Å². The average Bonchev–Trinajstić information content (AvgIpc) is 2.40. The van der Waals surface area contributed by atoms with Crippen LogP contribution in [-0.4, -0.2) is 6.09 Å². The third-order valence-corrected chi connectivity index (χ3v) is 2.56. The summed E-state index contributed by atoms with van der Waals surface area (Å²) in [6, 6.07) is 16.7. The topological polar surface area (TPSA) is 38.3 Å². The van der Waals surface area contributed by atoms with E-state index in [-0.39, 0.29) is 1.43 Å². The van der Waals surface area contributed by atoms with Gasteiger partial charge >= 0.3 is 6.09 Å². The van der Waals surface area contributed by atoms with E-state index in [1.165, 1.54) is 5.56 Å². The van der Waals surface area contributed by atoms with Crippen molar-refractivity contribution in [3.8, 4) is 5.75 Å². The van der Waals surface area contributed by atoms with Crippen molar-refractivity contribution in [3.63, 3.8) is 0 Å². The molecule has 0 aliphatic heterocycles. The number of aryl methyl sites for hydroxylation is 1. The molecule has 0 aliphatic rings. The summed E-state index contributed by atoms with van der Waals surface area (Å²) in [5.74, 6) is 0.528. The Morgan fingerprint density at radius 1 is 1.11 bits per heavy atom. The molecule has 1 amide bonds. The van der Waals surface area contributed by atoms with E-state index in [1.807, 2.05) is 42.5 Å². The van der Waals surface area contributed by atoms with E-state index < -0.39 is 6.09 Å². The number of nitrogens with one attached hydrogen (secondary N) is 1. The summed E-state index contributed by atoms with van der Waals surface area (Å²) >= 11 is 0. The third-order valence-electron chi connectivity index (χ3n) is 2.56. The maximum atomic E-state index is 11.6. The fourth-order valence-corrected chi connectivity index (χ4v) is 1.56. The Bertz CT molecular complexity index is 511. The highest BCUT2D eigenvalue weighted by molar-refractivity contribution is 5.86. The highest BCUT2D eigenvalue weighted by Crippen LogP contribution is 2.12. The van der Waals surface area contributed by atoms with Crippen LogP contribution in [0.4, 0.5) is 10.5 Å². The first-order valence-corrected chi connectivity index (χ1v) is 5.91. The van der Waals surface area contributed by atoms with Crippen LogP contribution in [0.1, 0.15) is 13.9 Å². The summed E-state index contributed by atoms with van der Waals surface area (Å²) in [5, 5.41) is 2.68. The van der Waals surface area contributed by atoms with Gasteiger partial charge in [0.25, 0.3) is 0 Å². The number of anilines is 1. The van der Waals surface area contributed by atoms with E-state index in [2.05, 4.69) is 12.2 Å². The molecule has 0 unspecified atom stereocenters. The summed E-state index contributed by atoms with van der Waals surface area (Å²) < 4.78 is 5.12. The summed E-state index contributed by atoms with van der Waals surface area (Å²) in [7, 11) is 0. The van der Waals surface area contributed by atoms with E-state index in [0.717, 1.165) is 12.1 Å². The molecular formula is C15H17NO2. The molecule has 0 bridgehead atoms. The molecule has 18 heavy (non-hydrogen) atoms. The van der Waals surface area contributed by atoms with Crippen molar-refractivity contribution >= 4 is 11.8 Å². The Hall–Kier alpha value is -2.29. The van der Waals surface area contributed by atoms with Crippen molar-refractivity contribution in [3.05, 3.63) is 60.2 Å². The second-order valence-corrected chi connectivity index (χ2v) is 3.88. The van der Waals surface area contributed by atoms with Crippen molar-refractivity contribution in [1.29, 1.82) is 0 Å². The normalized spacial score (nSPS) is 9.83. The van der Waals surface area contributed by atoms with Gasteiger partial charge in [0.15, 0.2) is 0 Å². The number of carbonyl (C=O) groups excluding carboxylic acids is 1. The van der Waals surface area contributed by atoms with Crippen LogP contribution in [0.25, 0.3) is 0 Å². The lowest BCUT2D eigenvalue weighted by molar-refractivity contribution is 0.215. The molecule has 3 heteroatoms. The van der Waals surface area contributed by atoms with Gasteiger partial charge in [-0.15, -0.1) is 0 Å². The van der Waals surface area contributed by atoms with E-state index in [9.17, 15) is 4.79 Å². The smallest absolute Gasteiger partial charge is 0.410 e. The molecular weight excluding hydrogens is 226 g/mol. The molecule has 0 aliphatic carbocycles. The molecule has 2 aromatic rings. The maximum Gasteiger partial charge on any atom is 0.417 e. The second kappa shape index (κ2) is 5.87. The quantitative estimate of drug-likeness (QED) is 0.881. The van der Waals surface area contributed by atoms with Crippen molar-refractivity contribution in [2.24, 2.45) is 0 Å². The molecule has 0 heterocycles. The van der Waals surface area contributed by atoms with Crippen LogP contribution >= 0.6 is 0 Å². The molecule has 0 radical (unpaired) electrons. The molecule has 0 saturated carbocycles. The minimum atomic E-state index is -0.481. The lowest BCUT2D eigenvalue weighted by Gasteiger charge is -2.06. The van der Waals surface area contributed by atoms with E-state index in [0.29, 0.717) is 5.75 Å². The standard InChI is InChI=1S/C15H15NO2.H2/c1-2-12-8-10-13(11-9-12)16-15(17)18-14-6-4-3-5-7-14;/h3-11H,2H2,1H3,(H,16,17);1H. The summed E-state index contributed by atoms with van der Waals surface area (Å²) in [4.78, 5) is 11.6. The zero-order valence-electron chi connectivity index (χ0n) is 10.2. The van der Waals surface area contributed by atoms with Crippen molar-refractivity contribution < 1.29 is 11.0 Å². The first-order valence-electron chi connectivity index (χ1n) is 5.91. The highest BCUT2D eigenvalue weighted by atomic mass is 16.6. The zero-order chi connectivity index (χ0) is 12.8. The van der Waals surface area contributed by atoms with Crippen LogP contribution in [-0.2, 0) is 6.42 Å². The predicted octanol–water partition coefficient (Wildman–Crippen LogP) is 4.11. The number of hydrogen-bond donors (Lipinski definition) is 1. The van der Waals surface area contributed by atoms with E-state index >= 15 is 0 Å². The van der Waals surface area contributed by atoms with E-state index in [4.69, 9.17) is 4.74 Å². The molecule has 0 spiro atoms. The van der Waals surface area contributed by atoms with Crippen LogP contribution < -0.4 is 10.1 Å². The maximum absolute atomic E-state index is 11.6. The molecule has 1 N–H and O–H groups in total. The van der Waals surface area contributed by atoms with Gasteiger partial charge in [-0.3, -0.25) is 5.32 Å². The summed E-state index contributed by atoms with van der Waals surface area (Å²) in [6.07, 6.45) is 0.500. The first-order chi connectivity index (χ1) is 8.78. The second-order valence-electron chi connectivity index (χ2n) is 3.88. The number of ether oxygens (including phenoxy) is 1. The van der Waals surface area contributed by atoms with Gasteiger partial charge in [-0.1, -0.05) is 37.3 Å². The highest BCUT2D eigenvalue weighted by Gasteiger charge is 2.04. The first kappa shape index (κ1) is 12.2. The van der Waals surface area contributed by atoms with Gasteiger partial charge in [0.2, 0.25) is 0 Å². The Morgan fingerprint density at radius 2 is 1.78 bits per heavy atom. The van der Waals surface area contributed by atoms with Crippen LogP contribution in [0.3, 0.4) is 0 Å². The zero-order valence-corrected chi connectivity index (χ0v) is 10.2. The molecule has 0 aromatic heterocycles. The minimum Gasteiger partial charge on any atom is -0.410 e. The van der Waals surface area contributed by atoms with Gasteiger partial charge in [0.05, 0.1) is 0 Å². The van der Waals surface area contributed by atoms with Gasteiger partial charge in [-0.2, -0.15) is 0 Å². The molecule has 0 saturated heterocycles. The SMILES string of the molecule is CCc1ccc(NC(=O)Oc2ccccc2)cc1.[HH]. The monoisotopic (exact) mass is 243 g/mol. The predicted molar refractivity (Wildman–Crippen MR) is 74.0 cm³/mol. The Balaban J connectivity index is 0.00000180. The average molecular weight is 243 g/mol. The van der Waals surface area contributed by atoms with Crippen LogP contribution in [0.2, 0.25) is 0 Å². The lowest BCUT2D eigenvalue weighted by Crippen LogP contribution is -2.16. The number of hydrogen-bond acceptors (Lipinski definition) is 2. The van der Waals surface area contributed by atoms with Gasteiger partial charge in [-0.25, -0.2) is 4.79 Å². The van der Waals surface area contributed by atoms with Crippen molar-refractivity contribution in [2.75, 3.05) is 5.32 Å². The minimum absolute atomic E-state index is 0. The fourth-order valence-electron chi connectivity index (χ4n) is 1.56. The Kier molecular flexibility index (Phi) is 3.97. The number of carbonyl (C=O) groups is 1. The van der Waals surface area contributed by atoms with Crippen LogP contribution in [0, 0.1) is 0 Å². The number of para-hydroxylation sites is 1. The molecule has 2 aromatic carbocycles. The lowest BCUT2D eigenvalue weighted by atomic mass is 10.1. The van der Waals surface area contributed by atoms with Gasteiger partial charge in [0.1, 0.15) is 5.75 Å². The van der Waals surface area contributed by atoms with Gasteiger partial charge in [0, 0.05) is 7.11 Å². The van der Waals surface area contributed by atoms with Crippen LogP contribution in [0.15, 0.2) is 54.6 Å². The van der Waals surface area contributed by atoms with Crippen LogP contribution in [0.5, 0.6) is 5.75 Å². The molecule has 0 fully saturated rings. The van der Waals surface area contributed by atoms with Crippen molar-refractivity contribution in [2.45, 2.75) is 13.3 Å². The molecule has 2 rings (SSSR count). The Morgan fingerprint density at radius 3 is 2.39 bits per heavy atom. The van der Waals surface area contributed by atoms with Crippen molar-refractivity contribution in [1.82, 2.24) is 0 Å². The number of benzene rings is 2. The largest absolute Gasteiger partial charge is 0.417 e. The molecule has 3 nitrogen and oxygen atoms in total. The van der Waals surface area contributed by atoms with Gasteiger partial charge < -0.3 is 4.74 Å². The van der Waals surface area contributed by atoms with Gasteiger partial charge in [-0.05, 0) is 36.2 Å². The number of amides is 1. The fraction of sp³-hybridized carbons (Fsp3) is 0.133. The van der Waals surface area contributed by atoms with E-state index in [1.54, 1.807) is 12.1 Å². The summed E-state index contributed by atoms with van der Waals surface area (Å²) in [6.45, 7) is 2.09. The molecule has 0 atom stereocenters.